The molecule has 6 nitrogen and oxygen atoms in total. The van der Waals surface area contributed by atoms with Gasteiger partial charge in [-0.2, -0.15) is 0 Å². The zero-order valence-electron chi connectivity index (χ0n) is 15.3. The van der Waals surface area contributed by atoms with Crippen molar-refractivity contribution in [3.63, 3.8) is 0 Å². The Bertz CT molecular complexity index is 1030. The Morgan fingerprint density at radius 3 is 2.69 bits per heavy atom. The molecule has 4 rings (SSSR count). The maximum atomic E-state index is 12.9. The number of halogens is 1. The molecule has 0 radical (unpaired) electrons. The summed E-state index contributed by atoms with van der Waals surface area (Å²) in [5, 5.41) is 10.9. The molecule has 1 aromatic heterocycles. The van der Waals surface area contributed by atoms with Gasteiger partial charge in [-0.15, -0.1) is 0 Å². The van der Waals surface area contributed by atoms with Crippen molar-refractivity contribution >= 4 is 61.9 Å². The number of nitro groups is 1. The first-order valence-electron chi connectivity index (χ1n) is 9.25. The number of thioether (sulfide) groups is 1. The highest BCUT2D eigenvalue weighted by Crippen LogP contribution is 2.38. The van der Waals surface area contributed by atoms with E-state index in [0.717, 1.165) is 25.7 Å². The van der Waals surface area contributed by atoms with Crippen LogP contribution in [0.4, 0.5) is 5.69 Å². The maximum absolute atomic E-state index is 12.9. The Hall–Kier alpha value is -1.97. The lowest BCUT2D eigenvalue weighted by Gasteiger charge is -2.29. The highest BCUT2D eigenvalue weighted by molar-refractivity contribution is 9.10. The Kier molecular flexibility index (Phi) is 5.89. The van der Waals surface area contributed by atoms with Gasteiger partial charge in [-0.3, -0.25) is 19.8 Å². The summed E-state index contributed by atoms with van der Waals surface area (Å²) < 4.78 is 7.05. The maximum Gasteiger partial charge on any atom is 0.270 e. The smallest absolute Gasteiger partial charge is 0.270 e. The number of hydrogen-bond donors (Lipinski definition) is 0. The molecule has 2 heterocycles. The van der Waals surface area contributed by atoms with Crippen molar-refractivity contribution in [2.75, 3.05) is 0 Å². The van der Waals surface area contributed by atoms with Gasteiger partial charge in [-0.1, -0.05) is 43.2 Å². The van der Waals surface area contributed by atoms with E-state index in [0.29, 0.717) is 30.8 Å². The fourth-order valence-corrected chi connectivity index (χ4v) is 5.60. The van der Waals surface area contributed by atoms with E-state index in [9.17, 15) is 14.9 Å². The van der Waals surface area contributed by atoms with Gasteiger partial charge in [0, 0.05) is 34.3 Å². The van der Waals surface area contributed by atoms with E-state index in [-0.39, 0.29) is 17.6 Å². The molecular formula is C20H17BrN2O4S2. The monoisotopic (exact) mass is 492 g/mol. The summed E-state index contributed by atoms with van der Waals surface area (Å²) in [5.74, 6) is 1.04. The summed E-state index contributed by atoms with van der Waals surface area (Å²) in [6, 6.07) is 8.25. The van der Waals surface area contributed by atoms with Gasteiger partial charge < -0.3 is 4.42 Å². The minimum absolute atomic E-state index is 0.00112. The van der Waals surface area contributed by atoms with Gasteiger partial charge >= 0.3 is 0 Å². The average Bonchev–Trinajstić information content (AvgIpc) is 3.27. The number of hydrogen-bond acceptors (Lipinski definition) is 6. The standard InChI is InChI=1S/C20H17BrN2O4S2/c21-16-10-13(23(25)26)6-8-15(16)17-9-7-14(27-17)11-18-19(24)22(20(28)29-18)12-4-2-1-3-5-12/h6-12H,1-5H2/b18-11-. The number of nitro benzene ring substituents is 1. The van der Waals surface area contributed by atoms with Crippen LogP contribution >= 0.6 is 39.9 Å². The lowest BCUT2D eigenvalue weighted by molar-refractivity contribution is -0.384. The molecule has 2 aromatic rings. The zero-order chi connectivity index (χ0) is 20.5. The second kappa shape index (κ2) is 8.41. The second-order valence-electron chi connectivity index (χ2n) is 6.97. The Labute approximate surface area is 185 Å². The number of furan rings is 1. The van der Waals surface area contributed by atoms with Crippen molar-refractivity contribution in [2.45, 2.75) is 38.1 Å². The molecule has 0 unspecified atom stereocenters. The lowest BCUT2D eigenvalue weighted by atomic mass is 9.94. The number of carbonyl (C=O) groups is 1. The predicted octanol–water partition coefficient (Wildman–Crippen LogP) is 6.15. The molecule has 9 heteroatoms. The first-order chi connectivity index (χ1) is 13.9. The normalized spacial score (nSPS) is 19.3. The molecule has 1 aromatic carbocycles. The number of benzene rings is 1. The Morgan fingerprint density at radius 1 is 1.24 bits per heavy atom. The van der Waals surface area contributed by atoms with E-state index < -0.39 is 4.92 Å². The highest BCUT2D eigenvalue weighted by Gasteiger charge is 2.37. The molecule has 0 spiro atoms. The topological polar surface area (TPSA) is 76.6 Å². The van der Waals surface area contributed by atoms with Crippen molar-refractivity contribution in [2.24, 2.45) is 0 Å². The number of amides is 1. The van der Waals surface area contributed by atoms with Crippen LogP contribution in [0, 0.1) is 10.1 Å². The fraction of sp³-hybridized carbons (Fsp3) is 0.300. The van der Waals surface area contributed by atoms with Crippen molar-refractivity contribution in [3.05, 3.63) is 55.6 Å². The number of nitrogens with zero attached hydrogens (tertiary/aromatic N) is 2. The molecule has 0 atom stereocenters. The second-order valence-corrected chi connectivity index (χ2v) is 9.50. The third kappa shape index (κ3) is 4.17. The van der Waals surface area contributed by atoms with Crippen LogP contribution < -0.4 is 0 Å². The minimum atomic E-state index is -0.448. The van der Waals surface area contributed by atoms with Gasteiger partial charge in [0.2, 0.25) is 0 Å². The summed E-state index contributed by atoms with van der Waals surface area (Å²) >= 11 is 10.1. The Balaban J connectivity index is 1.56. The van der Waals surface area contributed by atoms with Gasteiger partial charge in [-0.25, -0.2) is 0 Å². The first-order valence-corrected chi connectivity index (χ1v) is 11.3. The minimum Gasteiger partial charge on any atom is -0.457 e. The summed E-state index contributed by atoms with van der Waals surface area (Å²) in [4.78, 5) is 25.7. The molecular weight excluding hydrogens is 476 g/mol. The van der Waals surface area contributed by atoms with E-state index in [1.165, 1.54) is 30.3 Å². The van der Waals surface area contributed by atoms with Crippen molar-refractivity contribution in [1.82, 2.24) is 4.90 Å². The van der Waals surface area contributed by atoms with Gasteiger partial charge in [-0.05, 0) is 47.0 Å². The molecule has 0 N–H and O–H groups in total. The van der Waals surface area contributed by atoms with Crippen LogP contribution in [0.25, 0.3) is 17.4 Å². The van der Waals surface area contributed by atoms with Crippen LogP contribution in [0.15, 0.2) is 44.1 Å². The molecule has 1 aliphatic carbocycles. The van der Waals surface area contributed by atoms with Crippen LogP contribution in [0.3, 0.4) is 0 Å². The summed E-state index contributed by atoms with van der Waals surface area (Å²) in [6.07, 6.45) is 7.19. The molecule has 1 amide bonds. The predicted molar refractivity (Wildman–Crippen MR) is 120 cm³/mol. The first kappa shape index (κ1) is 20.3. The number of non-ortho nitro benzene ring substituents is 1. The van der Waals surface area contributed by atoms with Gasteiger partial charge in [0.25, 0.3) is 11.6 Å². The van der Waals surface area contributed by atoms with Crippen LogP contribution in [0.2, 0.25) is 0 Å². The molecule has 0 bridgehead atoms. The van der Waals surface area contributed by atoms with E-state index >= 15 is 0 Å². The van der Waals surface area contributed by atoms with Crippen LogP contribution in [-0.2, 0) is 4.79 Å². The third-order valence-electron chi connectivity index (χ3n) is 5.09. The van der Waals surface area contributed by atoms with E-state index in [4.69, 9.17) is 16.6 Å². The van der Waals surface area contributed by atoms with Gasteiger partial charge in [0.05, 0.1) is 9.83 Å². The SMILES string of the molecule is O=C1/C(=C/c2ccc(-c3ccc([N+](=O)[O-])cc3Br)o2)SC(=S)N1C1CCCCC1. The molecule has 29 heavy (non-hydrogen) atoms. The van der Waals surface area contributed by atoms with Crippen LogP contribution in [0.5, 0.6) is 0 Å². The van der Waals surface area contributed by atoms with Crippen molar-refractivity contribution in [1.29, 1.82) is 0 Å². The van der Waals surface area contributed by atoms with E-state index in [1.54, 1.807) is 29.2 Å². The van der Waals surface area contributed by atoms with E-state index in [1.807, 2.05) is 0 Å². The average molecular weight is 493 g/mol. The van der Waals surface area contributed by atoms with Gasteiger partial charge in [0.15, 0.2) is 0 Å². The molecule has 2 aliphatic rings. The van der Waals surface area contributed by atoms with Crippen LogP contribution in [0.1, 0.15) is 37.9 Å². The summed E-state index contributed by atoms with van der Waals surface area (Å²) in [6.45, 7) is 0. The largest absolute Gasteiger partial charge is 0.457 e. The van der Waals surface area contributed by atoms with E-state index in [2.05, 4.69) is 15.9 Å². The van der Waals surface area contributed by atoms with Crippen molar-refractivity contribution in [3.8, 4) is 11.3 Å². The lowest BCUT2D eigenvalue weighted by Crippen LogP contribution is -2.39. The Morgan fingerprint density at radius 2 is 2.00 bits per heavy atom. The highest BCUT2D eigenvalue weighted by atomic mass is 79.9. The molecule has 150 valence electrons. The molecule has 1 saturated carbocycles. The fourth-order valence-electron chi connectivity index (χ4n) is 3.66. The molecule has 1 aliphatic heterocycles. The molecule has 2 fully saturated rings. The molecule has 1 saturated heterocycles. The van der Waals surface area contributed by atoms with Gasteiger partial charge in [0.1, 0.15) is 15.8 Å². The summed E-state index contributed by atoms with van der Waals surface area (Å²) in [5.41, 5.74) is 0.698. The third-order valence-corrected chi connectivity index (χ3v) is 7.08. The summed E-state index contributed by atoms with van der Waals surface area (Å²) in [7, 11) is 0. The van der Waals surface area contributed by atoms with Crippen LogP contribution in [-0.4, -0.2) is 26.1 Å². The number of carbonyl (C=O) groups excluding carboxylic acids is 1. The number of thiocarbonyl (C=S) groups is 1. The number of rotatable bonds is 4. The quantitative estimate of drug-likeness (QED) is 0.220. The van der Waals surface area contributed by atoms with Crippen molar-refractivity contribution < 1.29 is 14.1 Å². The zero-order valence-corrected chi connectivity index (χ0v) is 18.5.